The summed E-state index contributed by atoms with van der Waals surface area (Å²) in [6.07, 6.45) is 2.29. The van der Waals surface area contributed by atoms with E-state index in [-0.39, 0.29) is 22.2 Å². The molecule has 30 heavy (non-hydrogen) atoms. The van der Waals surface area contributed by atoms with Crippen LogP contribution in [0.15, 0.2) is 42.5 Å². The molecule has 0 spiro atoms. The Balaban J connectivity index is 2.12. The van der Waals surface area contributed by atoms with Crippen LogP contribution in [0.1, 0.15) is 23.7 Å². The quantitative estimate of drug-likeness (QED) is 0.415. The van der Waals surface area contributed by atoms with Gasteiger partial charge in [0.15, 0.2) is 0 Å². The molecule has 0 saturated heterocycles. The molecular weight excluding hydrogens is 430 g/mol. The lowest BCUT2D eigenvalue weighted by atomic mass is 10.1. The number of amides is 2. The van der Waals surface area contributed by atoms with Crippen LogP contribution in [0.5, 0.6) is 5.75 Å². The molecule has 0 heterocycles. The van der Waals surface area contributed by atoms with Crippen molar-refractivity contribution in [2.24, 2.45) is 0 Å². The van der Waals surface area contributed by atoms with Gasteiger partial charge in [0.25, 0.3) is 11.6 Å². The van der Waals surface area contributed by atoms with E-state index in [1.165, 1.54) is 23.9 Å². The number of rotatable bonds is 10. The fourth-order valence-corrected chi connectivity index (χ4v) is 3.23. The first-order chi connectivity index (χ1) is 14.3. The summed E-state index contributed by atoms with van der Waals surface area (Å²) >= 11 is 7.33. The summed E-state index contributed by atoms with van der Waals surface area (Å²) in [6, 6.07) is 9.83. The van der Waals surface area contributed by atoms with Crippen LogP contribution in [0, 0.1) is 10.1 Å². The Morgan fingerprint density at radius 1 is 1.23 bits per heavy atom. The second-order valence-corrected chi connectivity index (χ2v) is 7.57. The summed E-state index contributed by atoms with van der Waals surface area (Å²) in [6.45, 7) is 2.42. The minimum absolute atomic E-state index is 0.0501. The van der Waals surface area contributed by atoms with Gasteiger partial charge in [0, 0.05) is 17.3 Å². The number of carbonyl (C=O) groups excluding carboxylic acids is 2. The van der Waals surface area contributed by atoms with Gasteiger partial charge in [-0.1, -0.05) is 11.6 Å². The number of nitro benzene ring substituents is 1. The van der Waals surface area contributed by atoms with Crippen molar-refractivity contribution in [3.63, 3.8) is 0 Å². The maximum Gasteiger partial charge on any atom is 0.288 e. The first-order valence-electron chi connectivity index (χ1n) is 9.13. The molecular formula is C20H22ClN3O5S. The normalized spacial score (nSPS) is 11.4. The van der Waals surface area contributed by atoms with Crippen molar-refractivity contribution in [2.75, 3.05) is 23.9 Å². The summed E-state index contributed by atoms with van der Waals surface area (Å²) in [5, 5.41) is 16.4. The zero-order chi connectivity index (χ0) is 22.1. The molecule has 0 saturated carbocycles. The highest BCUT2D eigenvalue weighted by molar-refractivity contribution is 7.98. The number of thioether (sulfide) groups is 1. The number of nitrogens with zero attached hydrogens (tertiary/aromatic N) is 1. The number of carbonyl (C=O) groups is 2. The average Bonchev–Trinajstić information content (AvgIpc) is 2.72. The van der Waals surface area contributed by atoms with E-state index >= 15 is 0 Å². The summed E-state index contributed by atoms with van der Waals surface area (Å²) in [5.74, 6) is 0.349. The highest BCUT2D eigenvalue weighted by atomic mass is 35.5. The predicted molar refractivity (Wildman–Crippen MR) is 119 cm³/mol. The monoisotopic (exact) mass is 451 g/mol. The molecule has 10 heteroatoms. The molecule has 2 rings (SSSR count). The van der Waals surface area contributed by atoms with Gasteiger partial charge in [-0.2, -0.15) is 11.8 Å². The summed E-state index contributed by atoms with van der Waals surface area (Å²) < 4.78 is 5.37. The summed E-state index contributed by atoms with van der Waals surface area (Å²) in [7, 11) is 0. The van der Waals surface area contributed by atoms with Gasteiger partial charge in [-0.15, -0.1) is 0 Å². The lowest BCUT2D eigenvalue weighted by Crippen LogP contribution is -2.44. The van der Waals surface area contributed by atoms with Gasteiger partial charge in [-0.3, -0.25) is 19.7 Å². The number of hydrogen-bond acceptors (Lipinski definition) is 6. The van der Waals surface area contributed by atoms with E-state index in [4.69, 9.17) is 16.3 Å². The fraction of sp³-hybridized carbons (Fsp3) is 0.300. The standard InChI is InChI=1S/C20H22ClN3O5S/c1-3-29-15-7-5-14(6-8-15)22-20(26)17(10-11-30-2)23-19(25)13-4-9-16(21)18(12-13)24(27)28/h4-9,12,17H,3,10-11H2,1-2H3,(H,22,26)(H,23,25)/t17-/m1/s1. The molecule has 2 aromatic carbocycles. The summed E-state index contributed by atoms with van der Waals surface area (Å²) in [5.41, 5.74) is 0.243. The molecule has 2 aromatic rings. The van der Waals surface area contributed by atoms with E-state index in [9.17, 15) is 19.7 Å². The van der Waals surface area contributed by atoms with Crippen molar-refractivity contribution >= 4 is 46.6 Å². The van der Waals surface area contributed by atoms with E-state index in [0.29, 0.717) is 30.2 Å². The minimum Gasteiger partial charge on any atom is -0.494 e. The van der Waals surface area contributed by atoms with Crippen LogP contribution < -0.4 is 15.4 Å². The Bertz CT molecular complexity index is 908. The zero-order valence-corrected chi connectivity index (χ0v) is 18.1. The molecule has 2 amide bonds. The smallest absolute Gasteiger partial charge is 0.288 e. The van der Waals surface area contributed by atoms with E-state index in [1.807, 2.05) is 13.2 Å². The van der Waals surface area contributed by atoms with Crippen molar-refractivity contribution in [1.29, 1.82) is 0 Å². The largest absolute Gasteiger partial charge is 0.494 e. The number of ether oxygens (including phenoxy) is 1. The van der Waals surface area contributed by atoms with Crippen LogP contribution in [0.4, 0.5) is 11.4 Å². The first kappa shape index (κ1) is 23.5. The van der Waals surface area contributed by atoms with Gasteiger partial charge >= 0.3 is 0 Å². The van der Waals surface area contributed by atoms with E-state index < -0.39 is 16.9 Å². The lowest BCUT2D eigenvalue weighted by Gasteiger charge is -2.18. The van der Waals surface area contributed by atoms with Crippen molar-refractivity contribution in [2.45, 2.75) is 19.4 Å². The van der Waals surface area contributed by atoms with Crippen molar-refractivity contribution in [3.05, 3.63) is 63.2 Å². The van der Waals surface area contributed by atoms with E-state index in [2.05, 4.69) is 10.6 Å². The Labute approximate surface area is 183 Å². The van der Waals surface area contributed by atoms with Gasteiger partial charge in [-0.25, -0.2) is 0 Å². The van der Waals surface area contributed by atoms with Crippen LogP contribution in [0.3, 0.4) is 0 Å². The number of nitrogens with one attached hydrogen (secondary N) is 2. The molecule has 0 aromatic heterocycles. The van der Waals surface area contributed by atoms with Gasteiger partial charge < -0.3 is 15.4 Å². The van der Waals surface area contributed by atoms with Crippen LogP contribution in [-0.4, -0.2) is 41.4 Å². The number of anilines is 1. The predicted octanol–water partition coefficient (Wildman–Crippen LogP) is 4.14. The molecule has 2 N–H and O–H groups in total. The zero-order valence-electron chi connectivity index (χ0n) is 16.5. The Morgan fingerprint density at radius 3 is 2.53 bits per heavy atom. The fourth-order valence-electron chi connectivity index (χ4n) is 2.57. The Hall–Kier alpha value is -2.78. The molecule has 8 nitrogen and oxygen atoms in total. The third-order valence-electron chi connectivity index (χ3n) is 4.07. The minimum atomic E-state index is -0.814. The maximum absolute atomic E-state index is 12.7. The lowest BCUT2D eigenvalue weighted by molar-refractivity contribution is -0.384. The molecule has 0 radical (unpaired) electrons. The Morgan fingerprint density at radius 2 is 1.93 bits per heavy atom. The number of halogens is 1. The van der Waals surface area contributed by atoms with Crippen molar-refractivity contribution in [3.8, 4) is 5.75 Å². The van der Waals surface area contributed by atoms with E-state index in [1.54, 1.807) is 24.3 Å². The van der Waals surface area contributed by atoms with Gasteiger partial charge in [0.1, 0.15) is 16.8 Å². The SMILES string of the molecule is CCOc1ccc(NC(=O)[C@@H](CCSC)NC(=O)c2ccc(Cl)c([N+](=O)[O-])c2)cc1. The molecule has 0 fully saturated rings. The average molecular weight is 452 g/mol. The summed E-state index contributed by atoms with van der Waals surface area (Å²) in [4.78, 5) is 35.7. The topological polar surface area (TPSA) is 111 Å². The van der Waals surface area contributed by atoms with Crippen molar-refractivity contribution < 1.29 is 19.2 Å². The van der Waals surface area contributed by atoms with Crippen LogP contribution in [0.2, 0.25) is 5.02 Å². The Kier molecular flexibility index (Phi) is 8.94. The van der Waals surface area contributed by atoms with Crippen molar-refractivity contribution in [1.82, 2.24) is 5.32 Å². The van der Waals surface area contributed by atoms with Crippen LogP contribution in [0.25, 0.3) is 0 Å². The molecule has 0 unspecified atom stereocenters. The van der Waals surface area contributed by atoms with E-state index in [0.717, 1.165) is 6.07 Å². The third-order valence-corrected chi connectivity index (χ3v) is 5.03. The number of nitro groups is 1. The maximum atomic E-state index is 12.7. The second kappa shape index (κ2) is 11.4. The van der Waals surface area contributed by atoms with Gasteiger partial charge in [-0.05, 0) is 61.8 Å². The highest BCUT2D eigenvalue weighted by Crippen LogP contribution is 2.25. The molecule has 0 aliphatic heterocycles. The molecule has 160 valence electrons. The number of benzene rings is 2. The number of hydrogen-bond donors (Lipinski definition) is 2. The molecule has 1 atom stereocenters. The molecule has 0 aliphatic rings. The van der Waals surface area contributed by atoms with Crippen LogP contribution in [-0.2, 0) is 4.79 Å². The van der Waals surface area contributed by atoms with Gasteiger partial charge in [0.2, 0.25) is 5.91 Å². The third kappa shape index (κ3) is 6.64. The molecule has 0 bridgehead atoms. The van der Waals surface area contributed by atoms with Gasteiger partial charge in [0.05, 0.1) is 11.5 Å². The first-order valence-corrected chi connectivity index (χ1v) is 10.9. The second-order valence-electron chi connectivity index (χ2n) is 6.18. The highest BCUT2D eigenvalue weighted by Gasteiger charge is 2.23. The molecule has 0 aliphatic carbocycles. The van der Waals surface area contributed by atoms with Crippen LogP contribution >= 0.6 is 23.4 Å².